The van der Waals surface area contributed by atoms with Gasteiger partial charge in [-0.1, -0.05) is 170 Å². The lowest BCUT2D eigenvalue weighted by Gasteiger charge is -2.59. The molecule has 7 aromatic rings. The summed E-state index contributed by atoms with van der Waals surface area (Å²) in [6.07, 6.45) is -1.98. The molecule has 0 bridgehead atoms. The molecule has 2 unspecified atom stereocenters. The molecule has 7 aromatic carbocycles. The number of nitrogens with zero attached hydrogens (tertiary/aromatic N) is 1. The highest BCUT2D eigenvalue weighted by atomic mass is 16.9. The first kappa shape index (κ1) is 46.1. The van der Waals surface area contributed by atoms with E-state index in [2.05, 4.69) is 6.07 Å². The summed E-state index contributed by atoms with van der Waals surface area (Å²) in [7, 11) is 0. The first-order valence-corrected chi connectivity index (χ1v) is 22.3. The van der Waals surface area contributed by atoms with E-state index in [9.17, 15) is 10.4 Å². The molecule has 66 heavy (non-hydrogen) atoms. The Balaban J connectivity index is 1.33. The second-order valence-corrected chi connectivity index (χ2v) is 16.5. The number of benzene rings is 7. The zero-order chi connectivity index (χ0) is 45.7. The van der Waals surface area contributed by atoms with Gasteiger partial charge >= 0.3 is 5.97 Å². The highest BCUT2D eigenvalue weighted by Gasteiger charge is 2.71. The van der Waals surface area contributed by atoms with Gasteiger partial charge in [-0.25, -0.2) is 0 Å². The van der Waals surface area contributed by atoms with Crippen LogP contribution >= 0.6 is 0 Å². The van der Waals surface area contributed by atoms with Gasteiger partial charge in [0.05, 0.1) is 51.3 Å². The molecule has 0 spiro atoms. The molecule has 1 heterocycles. The highest BCUT2D eigenvalue weighted by molar-refractivity contribution is 5.45. The molecule has 4 atom stereocenters. The van der Waals surface area contributed by atoms with Crippen LogP contribution in [0.15, 0.2) is 194 Å². The second-order valence-electron chi connectivity index (χ2n) is 16.5. The average Bonchev–Trinajstić information content (AvgIpc) is 3.37. The van der Waals surface area contributed by atoms with Crippen molar-refractivity contribution < 1.29 is 38.3 Å². The van der Waals surface area contributed by atoms with Crippen molar-refractivity contribution in [1.82, 2.24) is 0 Å². The summed E-state index contributed by atoms with van der Waals surface area (Å²) in [6.45, 7) is 4.59. The van der Waals surface area contributed by atoms with Crippen LogP contribution < -0.4 is 4.74 Å². The van der Waals surface area contributed by atoms with Crippen LogP contribution in [0, 0.1) is 11.3 Å². The van der Waals surface area contributed by atoms with Gasteiger partial charge in [0, 0.05) is 5.56 Å². The topological polar surface area (TPSA) is 109 Å². The predicted octanol–water partition coefficient (Wildman–Crippen LogP) is 11.0. The van der Waals surface area contributed by atoms with Gasteiger partial charge in [0.25, 0.3) is 0 Å². The molecule has 336 valence electrons. The summed E-state index contributed by atoms with van der Waals surface area (Å²) in [5.74, 6) is -3.81. The Morgan fingerprint density at radius 1 is 0.530 bits per heavy atom. The molecule has 0 amide bonds. The Kier molecular flexibility index (Phi) is 15.1. The van der Waals surface area contributed by atoms with Gasteiger partial charge in [0.2, 0.25) is 5.79 Å². The molecule has 0 aliphatic carbocycles. The van der Waals surface area contributed by atoms with E-state index in [0.717, 1.165) is 39.1 Å². The third kappa shape index (κ3) is 10.8. The van der Waals surface area contributed by atoms with Crippen LogP contribution in [0.1, 0.15) is 63.9 Å². The standard InChI is InChI=1S/C57H55NO8/c1-3-60-52-33-29-43(30-34-52)35-50-36-51(32-31-49(50)37-58)56(59)55(2,63-40-46-23-13-6-14-24-46)53(61-38-44-19-9-4-10-20-44)54(62-39-45-21-11-5-12-22-45)57(66-56,64-41-47-25-15-7-16-26-47)65-42-48-27-17-8-18-28-48/h4-34,36,53-54,59H,3,35,38-42H2,1-2H3/t53-,54-,55?,56?/m0/s1. The van der Waals surface area contributed by atoms with E-state index in [1.807, 2.05) is 183 Å². The number of rotatable bonds is 20. The summed E-state index contributed by atoms with van der Waals surface area (Å²) < 4.78 is 48.3. The van der Waals surface area contributed by atoms with Crippen molar-refractivity contribution in [3.8, 4) is 11.8 Å². The fraction of sp³-hybridized carbons (Fsp3) is 0.246. The molecule has 9 heteroatoms. The fourth-order valence-corrected chi connectivity index (χ4v) is 8.25. The Labute approximate surface area is 387 Å². The number of hydrogen-bond acceptors (Lipinski definition) is 9. The number of ether oxygens (including phenoxy) is 7. The summed E-state index contributed by atoms with van der Waals surface area (Å²) in [5, 5.41) is 24.5. The number of aliphatic hydroxyl groups is 1. The summed E-state index contributed by atoms with van der Waals surface area (Å²) in [5.41, 5.74) is 4.87. The summed E-state index contributed by atoms with van der Waals surface area (Å²) in [4.78, 5) is 0. The normalized spacial score (nSPS) is 20.0. The smallest absolute Gasteiger partial charge is 0.317 e. The van der Waals surface area contributed by atoms with E-state index in [4.69, 9.17) is 33.2 Å². The zero-order valence-electron chi connectivity index (χ0n) is 37.3. The molecule has 1 saturated heterocycles. The van der Waals surface area contributed by atoms with E-state index < -0.39 is 29.6 Å². The average molecular weight is 882 g/mol. The van der Waals surface area contributed by atoms with Crippen LogP contribution in [0.25, 0.3) is 0 Å². The van der Waals surface area contributed by atoms with Gasteiger partial charge in [-0.3, -0.25) is 4.74 Å². The van der Waals surface area contributed by atoms with Crippen LogP contribution in [0.2, 0.25) is 0 Å². The van der Waals surface area contributed by atoms with Crippen LogP contribution in [-0.2, 0) is 73.7 Å². The van der Waals surface area contributed by atoms with Gasteiger partial charge in [-0.05, 0) is 83.5 Å². The van der Waals surface area contributed by atoms with Crippen LogP contribution in [0.3, 0.4) is 0 Å². The lowest BCUT2D eigenvalue weighted by molar-refractivity contribution is -0.543. The van der Waals surface area contributed by atoms with E-state index >= 15 is 0 Å². The third-order valence-corrected chi connectivity index (χ3v) is 11.9. The van der Waals surface area contributed by atoms with Gasteiger partial charge in [-0.2, -0.15) is 5.26 Å². The second kappa shape index (κ2) is 21.7. The van der Waals surface area contributed by atoms with Crippen LogP contribution in [0.4, 0.5) is 0 Å². The van der Waals surface area contributed by atoms with Gasteiger partial charge in [0.1, 0.15) is 11.9 Å². The lowest BCUT2D eigenvalue weighted by atomic mass is 9.77. The minimum Gasteiger partial charge on any atom is -0.494 e. The van der Waals surface area contributed by atoms with Crippen molar-refractivity contribution in [2.24, 2.45) is 0 Å². The van der Waals surface area contributed by atoms with Crippen molar-refractivity contribution in [3.05, 3.63) is 244 Å². The Bertz CT molecular complexity index is 2570. The predicted molar refractivity (Wildman–Crippen MR) is 251 cm³/mol. The quantitative estimate of drug-likeness (QED) is 0.0749. The lowest BCUT2D eigenvalue weighted by Crippen LogP contribution is -2.76. The first-order valence-electron chi connectivity index (χ1n) is 22.3. The summed E-state index contributed by atoms with van der Waals surface area (Å²) in [6, 6.07) is 64.1. The molecule has 1 N–H and O–H groups in total. The molecule has 0 saturated carbocycles. The molecule has 0 radical (unpaired) electrons. The van der Waals surface area contributed by atoms with Crippen molar-refractivity contribution in [2.45, 2.75) is 82.9 Å². The number of hydrogen-bond donors (Lipinski definition) is 1. The van der Waals surface area contributed by atoms with Gasteiger partial charge in [-0.15, -0.1) is 0 Å². The van der Waals surface area contributed by atoms with Crippen LogP contribution in [0.5, 0.6) is 5.75 Å². The largest absolute Gasteiger partial charge is 0.494 e. The Hall–Kier alpha value is -6.45. The van der Waals surface area contributed by atoms with Crippen molar-refractivity contribution in [2.75, 3.05) is 6.61 Å². The molecule has 9 nitrogen and oxygen atoms in total. The maximum atomic E-state index is 14.0. The Morgan fingerprint density at radius 2 is 0.970 bits per heavy atom. The molecule has 0 aromatic heterocycles. The molecular weight excluding hydrogens is 827 g/mol. The molecule has 1 aliphatic rings. The molecular formula is C57H55NO8. The fourth-order valence-electron chi connectivity index (χ4n) is 8.25. The van der Waals surface area contributed by atoms with E-state index in [0.29, 0.717) is 29.7 Å². The van der Waals surface area contributed by atoms with Gasteiger partial charge in [0.15, 0.2) is 11.7 Å². The monoisotopic (exact) mass is 881 g/mol. The molecule has 8 rings (SSSR count). The van der Waals surface area contributed by atoms with Crippen LogP contribution in [-0.4, -0.2) is 35.5 Å². The maximum Gasteiger partial charge on any atom is 0.317 e. The summed E-state index contributed by atoms with van der Waals surface area (Å²) >= 11 is 0. The minimum atomic E-state index is -2.40. The van der Waals surface area contributed by atoms with E-state index in [-0.39, 0.29) is 33.0 Å². The third-order valence-electron chi connectivity index (χ3n) is 11.9. The maximum absolute atomic E-state index is 14.0. The first-order chi connectivity index (χ1) is 32.3. The van der Waals surface area contributed by atoms with E-state index in [1.165, 1.54) is 0 Å². The molecule has 1 fully saturated rings. The minimum absolute atomic E-state index is 0.0141. The van der Waals surface area contributed by atoms with Gasteiger partial charge < -0.3 is 33.5 Å². The Morgan fingerprint density at radius 3 is 1.42 bits per heavy atom. The van der Waals surface area contributed by atoms with E-state index in [1.54, 1.807) is 25.1 Å². The SMILES string of the molecule is CCOc1ccc(Cc2cc(C3(O)OC(OCc4ccccc4)(OCc4ccccc4)[C@@H](OCc4ccccc4)[C@H](OCc4ccccc4)C3(C)OCc3ccccc3)ccc2C#N)cc1. The highest BCUT2D eigenvalue weighted by Crippen LogP contribution is 2.53. The number of nitriles is 1. The molecule has 1 aliphatic heterocycles. The van der Waals surface area contributed by atoms with Crippen molar-refractivity contribution in [1.29, 1.82) is 5.26 Å². The van der Waals surface area contributed by atoms with Crippen molar-refractivity contribution in [3.63, 3.8) is 0 Å². The zero-order valence-corrected chi connectivity index (χ0v) is 37.3. The van der Waals surface area contributed by atoms with Crippen molar-refractivity contribution >= 4 is 0 Å².